The van der Waals surface area contributed by atoms with Gasteiger partial charge in [0.25, 0.3) is 0 Å². The lowest BCUT2D eigenvalue weighted by Crippen LogP contribution is -2.40. The van der Waals surface area contributed by atoms with Crippen molar-refractivity contribution < 1.29 is 9.59 Å². The molecule has 1 saturated heterocycles. The Balaban J connectivity index is 1.87. The van der Waals surface area contributed by atoms with Crippen LogP contribution in [0.15, 0.2) is 24.3 Å². The second-order valence-electron chi connectivity index (χ2n) is 6.07. The molecule has 5 heteroatoms. The first-order valence-corrected chi connectivity index (χ1v) is 7.49. The van der Waals surface area contributed by atoms with Crippen molar-refractivity contribution in [2.45, 2.75) is 31.7 Å². The monoisotopic (exact) mass is 287 g/mol. The lowest BCUT2D eigenvalue weighted by Gasteiger charge is -2.30. The van der Waals surface area contributed by atoms with Crippen LogP contribution in [0.25, 0.3) is 0 Å². The van der Waals surface area contributed by atoms with Crippen molar-refractivity contribution in [3.05, 3.63) is 29.8 Å². The molecular weight excluding hydrogens is 266 g/mol. The molecule has 0 radical (unpaired) electrons. The number of carbonyl (C=O) groups is 2. The summed E-state index contributed by atoms with van der Waals surface area (Å²) >= 11 is 0. The van der Waals surface area contributed by atoms with Crippen LogP contribution in [0.1, 0.15) is 31.2 Å². The van der Waals surface area contributed by atoms with Crippen LogP contribution in [-0.4, -0.2) is 35.8 Å². The standard InChI is InChI=1S/C16H21N3O2/c1-10-6-11(8-17)9-19(10)16(21)13-7-15(20)18-14-5-3-2-4-12(13)14/h2-5,10-11,13H,6-9,17H2,1H3,(H,18,20). The molecule has 2 heterocycles. The highest BCUT2D eigenvalue weighted by Gasteiger charge is 2.38. The van der Waals surface area contributed by atoms with Crippen LogP contribution in [0.5, 0.6) is 0 Å². The van der Waals surface area contributed by atoms with Gasteiger partial charge in [-0.2, -0.15) is 0 Å². The molecule has 1 fully saturated rings. The Labute approximate surface area is 124 Å². The number of nitrogens with one attached hydrogen (secondary N) is 1. The normalized spacial score (nSPS) is 28.2. The summed E-state index contributed by atoms with van der Waals surface area (Å²) in [5.74, 6) is -0.0273. The number of benzene rings is 1. The zero-order valence-corrected chi connectivity index (χ0v) is 12.2. The highest BCUT2D eigenvalue weighted by molar-refractivity contribution is 6.01. The number of amides is 2. The van der Waals surface area contributed by atoms with Crippen molar-refractivity contribution >= 4 is 17.5 Å². The maximum absolute atomic E-state index is 12.9. The molecule has 112 valence electrons. The van der Waals surface area contributed by atoms with Crippen LogP contribution in [0.4, 0.5) is 5.69 Å². The van der Waals surface area contributed by atoms with Crippen molar-refractivity contribution in [2.24, 2.45) is 11.7 Å². The highest BCUT2D eigenvalue weighted by atomic mass is 16.2. The average Bonchev–Trinajstić information content (AvgIpc) is 2.86. The molecule has 3 unspecified atom stereocenters. The molecule has 1 aromatic rings. The molecule has 2 aliphatic rings. The van der Waals surface area contributed by atoms with Crippen molar-refractivity contribution in [2.75, 3.05) is 18.4 Å². The summed E-state index contributed by atoms with van der Waals surface area (Å²) in [6.07, 6.45) is 1.18. The molecule has 1 aromatic carbocycles. The summed E-state index contributed by atoms with van der Waals surface area (Å²) < 4.78 is 0. The van der Waals surface area contributed by atoms with Crippen LogP contribution in [-0.2, 0) is 9.59 Å². The summed E-state index contributed by atoms with van der Waals surface area (Å²) in [6.45, 7) is 3.37. The largest absolute Gasteiger partial charge is 0.339 e. The molecule has 2 aliphatic heterocycles. The minimum atomic E-state index is -0.367. The molecule has 3 rings (SSSR count). The molecule has 0 spiro atoms. The molecule has 0 aromatic heterocycles. The second-order valence-corrected chi connectivity index (χ2v) is 6.07. The van der Waals surface area contributed by atoms with Crippen molar-refractivity contribution in [3.8, 4) is 0 Å². The molecule has 0 saturated carbocycles. The van der Waals surface area contributed by atoms with Crippen LogP contribution in [0.3, 0.4) is 0 Å². The molecule has 21 heavy (non-hydrogen) atoms. The van der Waals surface area contributed by atoms with E-state index in [2.05, 4.69) is 12.2 Å². The Morgan fingerprint density at radius 3 is 2.90 bits per heavy atom. The van der Waals surface area contributed by atoms with Crippen molar-refractivity contribution in [1.29, 1.82) is 0 Å². The van der Waals surface area contributed by atoms with E-state index < -0.39 is 0 Å². The number of hydrogen-bond acceptors (Lipinski definition) is 3. The highest BCUT2D eigenvalue weighted by Crippen LogP contribution is 2.35. The quantitative estimate of drug-likeness (QED) is 0.861. The minimum absolute atomic E-state index is 0.0562. The summed E-state index contributed by atoms with van der Waals surface area (Å²) in [5.41, 5.74) is 7.41. The van der Waals surface area contributed by atoms with Crippen LogP contribution < -0.4 is 11.1 Å². The fourth-order valence-corrected chi connectivity index (χ4v) is 3.45. The second kappa shape index (κ2) is 5.48. The zero-order valence-electron chi connectivity index (χ0n) is 12.2. The van der Waals surface area contributed by atoms with Crippen LogP contribution >= 0.6 is 0 Å². The van der Waals surface area contributed by atoms with E-state index in [1.54, 1.807) is 0 Å². The summed E-state index contributed by atoms with van der Waals surface area (Å²) in [6, 6.07) is 7.76. The number of likely N-dealkylation sites (tertiary alicyclic amines) is 1. The van der Waals surface area contributed by atoms with Crippen molar-refractivity contribution in [3.63, 3.8) is 0 Å². The third-order valence-electron chi connectivity index (χ3n) is 4.58. The molecule has 5 nitrogen and oxygen atoms in total. The summed E-state index contributed by atoms with van der Waals surface area (Å²) in [4.78, 5) is 26.6. The fraction of sp³-hybridized carbons (Fsp3) is 0.500. The zero-order chi connectivity index (χ0) is 15.0. The predicted octanol–water partition coefficient (Wildman–Crippen LogP) is 1.31. The van der Waals surface area contributed by atoms with E-state index in [4.69, 9.17) is 5.73 Å². The Morgan fingerprint density at radius 2 is 2.19 bits per heavy atom. The van der Waals surface area contributed by atoms with Gasteiger partial charge in [0.15, 0.2) is 0 Å². The maximum Gasteiger partial charge on any atom is 0.230 e. The van der Waals surface area contributed by atoms with Gasteiger partial charge in [-0.25, -0.2) is 0 Å². The molecule has 2 amide bonds. The molecule has 0 aliphatic carbocycles. The predicted molar refractivity (Wildman–Crippen MR) is 80.8 cm³/mol. The van der Waals surface area contributed by atoms with E-state index in [0.717, 1.165) is 17.7 Å². The van der Waals surface area contributed by atoms with E-state index in [-0.39, 0.29) is 30.2 Å². The lowest BCUT2D eigenvalue weighted by molar-refractivity contribution is -0.135. The SMILES string of the molecule is CC1CC(CN)CN1C(=O)C1CC(=O)Nc2ccccc21. The minimum Gasteiger partial charge on any atom is -0.339 e. The first kappa shape index (κ1) is 14.1. The van der Waals surface area contributed by atoms with Gasteiger partial charge in [-0.05, 0) is 37.4 Å². The smallest absolute Gasteiger partial charge is 0.230 e. The Morgan fingerprint density at radius 1 is 1.43 bits per heavy atom. The van der Waals surface area contributed by atoms with Gasteiger partial charge < -0.3 is 16.0 Å². The number of hydrogen-bond donors (Lipinski definition) is 2. The maximum atomic E-state index is 12.9. The molecule has 3 atom stereocenters. The average molecular weight is 287 g/mol. The number of anilines is 1. The number of carbonyl (C=O) groups excluding carboxylic acids is 2. The number of para-hydroxylation sites is 1. The molecule has 3 N–H and O–H groups in total. The number of nitrogens with zero attached hydrogens (tertiary/aromatic N) is 1. The first-order chi connectivity index (χ1) is 10.1. The van der Waals surface area contributed by atoms with Gasteiger partial charge in [-0.3, -0.25) is 9.59 Å². The van der Waals surface area contributed by atoms with Crippen molar-refractivity contribution in [1.82, 2.24) is 4.90 Å². The molecule has 0 bridgehead atoms. The van der Waals surface area contributed by atoms with Gasteiger partial charge in [0.1, 0.15) is 0 Å². The Hall–Kier alpha value is -1.88. The van der Waals surface area contributed by atoms with E-state index in [9.17, 15) is 9.59 Å². The van der Waals surface area contributed by atoms with E-state index in [1.165, 1.54) is 0 Å². The van der Waals surface area contributed by atoms with Gasteiger partial charge in [-0.1, -0.05) is 18.2 Å². The van der Waals surface area contributed by atoms with Gasteiger partial charge >= 0.3 is 0 Å². The topological polar surface area (TPSA) is 75.4 Å². The Bertz CT molecular complexity index is 572. The number of rotatable bonds is 2. The van der Waals surface area contributed by atoms with Gasteiger partial charge in [0.2, 0.25) is 11.8 Å². The van der Waals surface area contributed by atoms with E-state index in [0.29, 0.717) is 19.0 Å². The van der Waals surface area contributed by atoms with E-state index in [1.807, 2.05) is 29.2 Å². The van der Waals surface area contributed by atoms with E-state index >= 15 is 0 Å². The van der Waals surface area contributed by atoms with Gasteiger partial charge in [0.05, 0.1) is 5.92 Å². The Kier molecular flexibility index (Phi) is 3.68. The van der Waals surface area contributed by atoms with Gasteiger partial charge in [-0.15, -0.1) is 0 Å². The lowest BCUT2D eigenvalue weighted by atomic mass is 9.89. The van der Waals surface area contributed by atoms with Crippen LogP contribution in [0.2, 0.25) is 0 Å². The number of fused-ring (bicyclic) bond motifs is 1. The summed E-state index contributed by atoms with van der Waals surface area (Å²) in [7, 11) is 0. The van der Waals surface area contributed by atoms with Crippen LogP contribution in [0, 0.1) is 5.92 Å². The molecular formula is C16H21N3O2. The number of nitrogens with two attached hydrogens (primary N) is 1. The summed E-state index contributed by atoms with van der Waals surface area (Å²) in [5, 5.41) is 2.84. The van der Waals surface area contributed by atoms with Gasteiger partial charge in [0, 0.05) is 24.7 Å². The third-order valence-corrected chi connectivity index (χ3v) is 4.58. The fourth-order valence-electron chi connectivity index (χ4n) is 3.45. The first-order valence-electron chi connectivity index (χ1n) is 7.49. The third kappa shape index (κ3) is 2.53.